The van der Waals surface area contributed by atoms with Crippen molar-refractivity contribution in [3.8, 4) is 0 Å². The minimum atomic E-state index is -1.63. The summed E-state index contributed by atoms with van der Waals surface area (Å²) in [6.07, 6.45) is 1.80. The number of hydrogen-bond acceptors (Lipinski definition) is 10. The Morgan fingerprint density at radius 3 is 1.76 bits per heavy atom. The quantitative estimate of drug-likeness (QED) is 0.0577. The maximum atomic E-state index is 13.8. The molecule has 314 valence electrons. The summed E-state index contributed by atoms with van der Waals surface area (Å²) in [7, 11) is 0. The number of likely N-dealkylation sites (tertiary alicyclic amines) is 1. The first-order chi connectivity index (χ1) is 25.7. The Bertz CT molecular complexity index is 1340. The van der Waals surface area contributed by atoms with Crippen molar-refractivity contribution in [1.82, 2.24) is 31.5 Å². The van der Waals surface area contributed by atoms with E-state index in [9.17, 15) is 48.6 Å². The molecule has 0 saturated carbocycles. The summed E-state index contributed by atoms with van der Waals surface area (Å²) in [5, 5.41) is 32.3. The fourth-order valence-corrected chi connectivity index (χ4v) is 6.21. The van der Waals surface area contributed by atoms with Crippen LogP contribution in [0.4, 0.5) is 0 Å². The molecular weight excluding hydrogens is 716 g/mol. The van der Waals surface area contributed by atoms with Crippen molar-refractivity contribution in [3.05, 3.63) is 0 Å². The van der Waals surface area contributed by atoms with Gasteiger partial charge in [-0.25, -0.2) is 4.79 Å². The SMILES string of the molecule is CC[C@H](C)[C@H](N)C(=O)N[C@@H](CC(C)C)C(=O)N[C@H](C(=O)N[C@H](C(=O)N[C@@H](CC(=O)O)C(=O)N1CCC[C@H]1C(=O)N[C@@H](CCCCN)C(=O)O)C(C)C)C(C)C. The number of carbonyl (C=O) groups excluding carboxylic acids is 6. The summed E-state index contributed by atoms with van der Waals surface area (Å²) < 4.78 is 0. The second-order valence-corrected chi connectivity index (χ2v) is 15.6. The molecule has 18 heteroatoms. The fourth-order valence-electron chi connectivity index (χ4n) is 6.21. The molecule has 0 aliphatic carbocycles. The van der Waals surface area contributed by atoms with Crippen LogP contribution in [-0.4, -0.2) is 118 Å². The minimum Gasteiger partial charge on any atom is -0.481 e. The van der Waals surface area contributed by atoms with Gasteiger partial charge >= 0.3 is 11.9 Å². The van der Waals surface area contributed by atoms with Crippen LogP contribution in [0.1, 0.15) is 107 Å². The van der Waals surface area contributed by atoms with Gasteiger partial charge in [0.1, 0.15) is 36.3 Å². The number of nitrogens with two attached hydrogens (primary N) is 2. The molecule has 0 aromatic rings. The molecule has 1 fully saturated rings. The zero-order valence-electron chi connectivity index (χ0n) is 33.7. The molecule has 1 saturated heterocycles. The summed E-state index contributed by atoms with van der Waals surface area (Å²) >= 11 is 0. The van der Waals surface area contributed by atoms with Gasteiger partial charge in [-0.15, -0.1) is 0 Å². The Balaban J connectivity index is 3.21. The van der Waals surface area contributed by atoms with Gasteiger partial charge in [-0.1, -0.05) is 61.8 Å². The van der Waals surface area contributed by atoms with Crippen LogP contribution in [0, 0.1) is 23.7 Å². The second-order valence-electron chi connectivity index (χ2n) is 15.6. The largest absolute Gasteiger partial charge is 0.481 e. The van der Waals surface area contributed by atoms with Gasteiger partial charge in [0.15, 0.2) is 0 Å². The number of nitrogens with one attached hydrogen (secondary N) is 5. The lowest BCUT2D eigenvalue weighted by Crippen LogP contribution is -2.61. The maximum absolute atomic E-state index is 13.8. The molecule has 6 amide bonds. The highest BCUT2D eigenvalue weighted by atomic mass is 16.4. The molecule has 0 spiro atoms. The zero-order valence-corrected chi connectivity index (χ0v) is 33.7. The first kappa shape index (κ1) is 48.7. The first-order valence-electron chi connectivity index (χ1n) is 19.4. The number of carboxylic acid groups (broad SMARTS) is 2. The third kappa shape index (κ3) is 15.8. The van der Waals surface area contributed by atoms with Gasteiger partial charge < -0.3 is 53.2 Å². The van der Waals surface area contributed by atoms with E-state index < -0.39 is 108 Å². The number of carbonyl (C=O) groups is 8. The predicted molar refractivity (Wildman–Crippen MR) is 204 cm³/mol. The van der Waals surface area contributed by atoms with Crippen LogP contribution >= 0.6 is 0 Å². The molecule has 1 aliphatic rings. The highest BCUT2D eigenvalue weighted by molar-refractivity contribution is 5.98. The van der Waals surface area contributed by atoms with Crippen molar-refractivity contribution in [2.75, 3.05) is 13.1 Å². The average Bonchev–Trinajstić information content (AvgIpc) is 3.60. The van der Waals surface area contributed by atoms with E-state index >= 15 is 0 Å². The summed E-state index contributed by atoms with van der Waals surface area (Å²) in [5.41, 5.74) is 11.6. The van der Waals surface area contributed by atoms with Crippen molar-refractivity contribution >= 4 is 47.4 Å². The molecule has 1 heterocycles. The van der Waals surface area contributed by atoms with E-state index in [2.05, 4.69) is 26.6 Å². The first-order valence-corrected chi connectivity index (χ1v) is 19.4. The third-order valence-corrected chi connectivity index (χ3v) is 9.79. The number of amides is 6. The van der Waals surface area contributed by atoms with Crippen molar-refractivity contribution in [2.24, 2.45) is 35.1 Å². The Morgan fingerprint density at radius 1 is 0.727 bits per heavy atom. The Morgan fingerprint density at radius 2 is 1.27 bits per heavy atom. The van der Waals surface area contributed by atoms with Crippen LogP contribution in [0.15, 0.2) is 0 Å². The number of hydrogen-bond donors (Lipinski definition) is 9. The molecule has 0 aromatic carbocycles. The van der Waals surface area contributed by atoms with Crippen LogP contribution in [0.3, 0.4) is 0 Å². The molecular formula is C37H66N8O10. The lowest BCUT2D eigenvalue weighted by atomic mass is 9.96. The van der Waals surface area contributed by atoms with Gasteiger partial charge in [-0.2, -0.15) is 0 Å². The lowest BCUT2D eigenvalue weighted by molar-refractivity contribution is -0.147. The monoisotopic (exact) mass is 782 g/mol. The summed E-state index contributed by atoms with van der Waals surface area (Å²) in [4.78, 5) is 106. The number of rotatable bonds is 24. The minimum absolute atomic E-state index is 0.00368. The van der Waals surface area contributed by atoms with Crippen molar-refractivity contribution in [1.29, 1.82) is 0 Å². The van der Waals surface area contributed by atoms with Crippen molar-refractivity contribution in [2.45, 2.75) is 149 Å². The van der Waals surface area contributed by atoms with Crippen LogP contribution in [0.25, 0.3) is 0 Å². The van der Waals surface area contributed by atoms with Crippen LogP contribution < -0.4 is 38.1 Å². The summed E-state index contributed by atoms with van der Waals surface area (Å²) in [6, 6.07) is -8.20. The second kappa shape index (κ2) is 23.6. The highest BCUT2D eigenvalue weighted by Gasteiger charge is 2.41. The predicted octanol–water partition coefficient (Wildman–Crippen LogP) is -0.179. The van der Waals surface area contributed by atoms with Crippen molar-refractivity contribution < 1.29 is 48.6 Å². The van der Waals surface area contributed by atoms with E-state index in [1.807, 2.05) is 27.7 Å². The van der Waals surface area contributed by atoms with E-state index in [-0.39, 0.29) is 37.6 Å². The zero-order chi connectivity index (χ0) is 42.2. The van der Waals surface area contributed by atoms with Gasteiger partial charge in [0.2, 0.25) is 35.4 Å². The average molecular weight is 783 g/mol. The van der Waals surface area contributed by atoms with Gasteiger partial charge in [-0.05, 0) is 68.7 Å². The smallest absolute Gasteiger partial charge is 0.326 e. The maximum Gasteiger partial charge on any atom is 0.326 e. The van der Waals surface area contributed by atoms with E-state index in [0.29, 0.717) is 32.2 Å². The normalized spacial score (nSPS) is 18.1. The van der Waals surface area contributed by atoms with Gasteiger partial charge in [-0.3, -0.25) is 33.6 Å². The number of aliphatic carboxylic acids is 2. The molecule has 0 radical (unpaired) electrons. The molecule has 1 rings (SSSR count). The standard InChI is InChI=1S/C37H66N8O10/c1-9-22(8)28(39)33(50)41-24(17-19(2)3)31(48)43-30(21(6)7)35(52)44-29(20(4)5)34(51)42-25(18-27(46)47)36(53)45-16-12-14-26(45)32(49)40-23(37(54)55)13-10-11-15-38/h19-26,28-30H,9-18,38-39H2,1-8H3,(H,40,49)(H,41,50)(H,42,51)(H,43,48)(H,44,52)(H,46,47)(H,54,55)/t22-,23-,24-,25-,26-,28-,29-,30-/m0/s1. The topological polar surface area (TPSA) is 292 Å². The Labute approximate surface area is 324 Å². The molecule has 18 nitrogen and oxygen atoms in total. The number of nitrogens with zero attached hydrogens (tertiary/aromatic N) is 1. The number of carboxylic acids is 2. The summed E-state index contributed by atoms with van der Waals surface area (Å²) in [5.74, 6) is -8.10. The molecule has 0 aromatic heterocycles. The Hall–Kier alpha value is -4.32. The highest BCUT2D eigenvalue weighted by Crippen LogP contribution is 2.21. The number of unbranched alkanes of at least 4 members (excludes halogenated alkanes) is 1. The molecule has 0 unspecified atom stereocenters. The molecule has 1 aliphatic heterocycles. The molecule has 55 heavy (non-hydrogen) atoms. The van der Waals surface area contributed by atoms with Crippen LogP contribution in [0.5, 0.6) is 0 Å². The molecule has 8 atom stereocenters. The van der Waals surface area contributed by atoms with E-state index in [1.54, 1.807) is 27.7 Å². The summed E-state index contributed by atoms with van der Waals surface area (Å²) in [6.45, 7) is 14.5. The van der Waals surface area contributed by atoms with E-state index in [0.717, 1.165) is 4.90 Å². The van der Waals surface area contributed by atoms with E-state index in [4.69, 9.17) is 11.5 Å². The van der Waals surface area contributed by atoms with Gasteiger partial charge in [0, 0.05) is 6.54 Å². The van der Waals surface area contributed by atoms with Crippen LogP contribution in [-0.2, 0) is 38.4 Å². The molecule has 11 N–H and O–H groups in total. The fraction of sp³-hybridized carbons (Fsp3) is 0.784. The van der Waals surface area contributed by atoms with Gasteiger partial charge in [0.05, 0.1) is 12.5 Å². The van der Waals surface area contributed by atoms with Crippen LogP contribution in [0.2, 0.25) is 0 Å². The Kier molecular flexibility index (Phi) is 20.9. The van der Waals surface area contributed by atoms with Crippen molar-refractivity contribution in [3.63, 3.8) is 0 Å². The lowest BCUT2D eigenvalue weighted by Gasteiger charge is -2.31. The third-order valence-electron chi connectivity index (χ3n) is 9.79. The van der Waals surface area contributed by atoms with E-state index in [1.165, 1.54) is 0 Å². The van der Waals surface area contributed by atoms with Gasteiger partial charge in [0.25, 0.3) is 0 Å². The molecule has 0 bridgehead atoms.